The molecule has 2 rings (SSSR count). The van der Waals surface area contributed by atoms with Gasteiger partial charge in [-0.3, -0.25) is 0 Å². The lowest BCUT2D eigenvalue weighted by atomic mass is 10.1. The molecule has 0 bridgehead atoms. The summed E-state index contributed by atoms with van der Waals surface area (Å²) in [4.78, 5) is 4.17. The average molecular weight is 231 g/mol. The second-order valence-corrected chi connectivity index (χ2v) is 4.25. The number of hydrogen-bond acceptors (Lipinski definition) is 4. The van der Waals surface area contributed by atoms with Crippen molar-refractivity contribution >= 4 is 5.82 Å². The van der Waals surface area contributed by atoms with Crippen LogP contribution in [0.3, 0.4) is 0 Å². The lowest BCUT2D eigenvalue weighted by Crippen LogP contribution is -2.22. The molecule has 0 aliphatic carbocycles. The number of nitrogens with one attached hydrogen (secondary N) is 1. The van der Waals surface area contributed by atoms with Gasteiger partial charge in [-0.05, 0) is 37.8 Å². The summed E-state index contributed by atoms with van der Waals surface area (Å²) in [6.07, 6.45) is 6.65. The highest BCUT2D eigenvalue weighted by molar-refractivity contribution is 5.42. The molecular weight excluding hydrogens is 214 g/mol. The van der Waals surface area contributed by atoms with Crippen LogP contribution < -0.4 is 5.32 Å². The summed E-state index contributed by atoms with van der Waals surface area (Å²) in [5.41, 5.74) is 0.636. The highest BCUT2D eigenvalue weighted by Crippen LogP contribution is 2.15. The third-order valence-electron chi connectivity index (χ3n) is 2.94. The van der Waals surface area contributed by atoms with Crippen LogP contribution in [0.4, 0.5) is 5.82 Å². The number of nitrogens with zero attached hydrogens (tertiary/aromatic N) is 2. The Labute approximate surface area is 102 Å². The van der Waals surface area contributed by atoms with Crippen molar-refractivity contribution in [2.45, 2.75) is 31.8 Å². The van der Waals surface area contributed by atoms with Crippen molar-refractivity contribution in [3.05, 3.63) is 23.9 Å². The molecule has 0 aromatic carbocycles. The van der Waals surface area contributed by atoms with Gasteiger partial charge < -0.3 is 10.1 Å². The lowest BCUT2D eigenvalue weighted by Gasteiger charge is -2.22. The van der Waals surface area contributed by atoms with E-state index in [1.54, 1.807) is 18.3 Å². The predicted molar refractivity (Wildman–Crippen MR) is 65.6 cm³/mol. The molecular formula is C13H17N3O. The molecule has 1 unspecified atom stereocenters. The van der Waals surface area contributed by atoms with Crippen LogP contribution in [0.2, 0.25) is 0 Å². The summed E-state index contributed by atoms with van der Waals surface area (Å²) in [5.74, 6) is 0.764. The van der Waals surface area contributed by atoms with Gasteiger partial charge in [0, 0.05) is 19.3 Å². The molecule has 1 N–H and O–H groups in total. The zero-order valence-corrected chi connectivity index (χ0v) is 9.85. The Bertz CT molecular complexity index is 394. The third-order valence-corrected chi connectivity index (χ3v) is 2.94. The first kappa shape index (κ1) is 11.9. The fourth-order valence-electron chi connectivity index (χ4n) is 1.99. The van der Waals surface area contributed by atoms with E-state index in [4.69, 9.17) is 10.00 Å². The van der Waals surface area contributed by atoms with Crippen LogP contribution >= 0.6 is 0 Å². The van der Waals surface area contributed by atoms with Gasteiger partial charge in [-0.15, -0.1) is 0 Å². The largest absolute Gasteiger partial charge is 0.378 e. The second-order valence-electron chi connectivity index (χ2n) is 4.25. The predicted octanol–water partition coefficient (Wildman–Crippen LogP) is 2.32. The van der Waals surface area contributed by atoms with Crippen LogP contribution in [0.15, 0.2) is 18.3 Å². The van der Waals surface area contributed by atoms with Crippen molar-refractivity contribution in [2.75, 3.05) is 18.5 Å². The van der Waals surface area contributed by atoms with Gasteiger partial charge in [0.1, 0.15) is 5.82 Å². The van der Waals surface area contributed by atoms with Crippen molar-refractivity contribution in [1.82, 2.24) is 4.98 Å². The summed E-state index contributed by atoms with van der Waals surface area (Å²) in [6, 6.07) is 5.57. The van der Waals surface area contributed by atoms with Gasteiger partial charge in [0.05, 0.1) is 17.7 Å². The Morgan fingerprint density at radius 1 is 1.53 bits per heavy atom. The van der Waals surface area contributed by atoms with Gasteiger partial charge in [-0.1, -0.05) is 0 Å². The minimum absolute atomic E-state index is 0.385. The molecule has 1 saturated heterocycles. The fourth-order valence-corrected chi connectivity index (χ4v) is 1.99. The minimum atomic E-state index is 0.385. The first-order valence-electron chi connectivity index (χ1n) is 6.10. The maximum Gasteiger partial charge on any atom is 0.127 e. The summed E-state index contributed by atoms with van der Waals surface area (Å²) in [5, 5.41) is 12.0. The second kappa shape index (κ2) is 6.21. The van der Waals surface area contributed by atoms with Gasteiger partial charge in [0.15, 0.2) is 0 Å². The Morgan fingerprint density at radius 2 is 2.47 bits per heavy atom. The number of nitriles is 1. The normalized spacial score (nSPS) is 19.6. The molecule has 0 radical (unpaired) electrons. The van der Waals surface area contributed by atoms with Crippen LogP contribution in [0.1, 0.15) is 31.2 Å². The number of pyridine rings is 1. The first-order valence-corrected chi connectivity index (χ1v) is 6.10. The zero-order valence-electron chi connectivity index (χ0n) is 9.85. The van der Waals surface area contributed by atoms with E-state index in [1.165, 1.54) is 12.8 Å². The van der Waals surface area contributed by atoms with Crippen LogP contribution in [0.5, 0.6) is 0 Å². The molecule has 1 aliphatic heterocycles. The average Bonchev–Trinajstić information content (AvgIpc) is 2.40. The summed E-state index contributed by atoms with van der Waals surface area (Å²) in [6.45, 7) is 1.74. The lowest BCUT2D eigenvalue weighted by molar-refractivity contribution is 0.0134. The number of aromatic nitrogens is 1. The van der Waals surface area contributed by atoms with E-state index in [-0.39, 0.29) is 0 Å². The van der Waals surface area contributed by atoms with Crippen molar-refractivity contribution in [3.63, 3.8) is 0 Å². The van der Waals surface area contributed by atoms with Crippen LogP contribution in [-0.4, -0.2) is 24.2 Å². The van der Waals surface area contributed by atoms with Crippen molar-refractivity contribution < 1.29 is 4.74 Å². The molecule has 17 heavy (non-hydrogen) atoms. The maximum atomic E-state index is 8.77. The molecule has 1 aromatic rings. The number of hydrogen-bond donors (Lipinski definition) is 1. The molecule has 0 amide bonds. The zero-order chi connectivity index (χ0) is 11.9. The van der Waals surface area contributed by atoms with E-state index in [0.717, 1.165) is 31.8 Å². The minimum Gasteiger partial charge on any atom is -0.378 e. The van der Waals surface area contributed by atoms with Crippen LogP contribution in [-0.2, 0) is 4.74 Å². The Kier molecular flexibility index (Phi) is 4.34. The molecule has 1 atom stereocenters. The Balaban J connectivity index is 1.75. The van der Waals surface area contributed by atoms with E-state index in [9.17, 15) is 0 Å². The van der Waals surface area contributed by atoms with Crippen LogP contribution in [0.25, 0.3) is 0 Å². The van der Waals surface area contributed by atoms with Crippen molar-refractivity contribution in [1.29, 1.82) is 5.26 Å². The molecule has 2 heterocycles. The van der Waals surface area contributed by atoms with E-state index < -0.39 is 0 Å². The van der Waals surface area contributed by atoms with Gasteiger partial charge in [0.25, 0.3) is 0 Å². The monoisotopic (exact) mass is 231 g/mol. The third kappa shape index (κ3) is 3.72. The molecule has 4 heteroatoms. The quantitative estimate of drug-likeness (QED) is 0.864. The topological polar surface area (TPSA) is 57.9 Å². The van der Waals surface area contributed by atoms with Crippen molar-refractivity contribution in [2.24, 2.45) is 0 Å². The molecule has 1 aromatic heterocycles. The van der Waals surface area contributed by atoms with Crippen molar-refractivity contribution in [3.8, 4) is 6.07 Å². The van der Waals surface area contributed by atoms with Gasteiger partial charge in [0.2, 0.25) is 0 Å². The number of anilines is 1. The SMILES string of the molecule is N#Cc1ccnc(NCCC2CCCCO2)c1. The molecule has 1 aliphatic rings. The summed E-state index contributed by atoms with van der Waals surface area (Å²) in [7, 11) is 0. The first-order chi connectivity index (χ1) is 8.38. The Morgan fingerprint density at radius 3 is 3.24 bits per heavy atom. The van der Waals surface area contributed by atoms with Gasteiger partial charge in [-0.2, -0.15) is 5.26 Å². The van der Waals surface area contributed by atoms with Gasteiger partial charge in [-0.25, -0.2) is 4.98 Å². The highest BCUT2D eigenvalue weighted by Gasteiger charge is 2.12. The van der Waals surface area contributed by atoms with Crippen LogP contribution in [0, 0.1) is 11.3 Å². The fraction of sp³-hybridized carbons (Fsp3) is 0.538. The molecule has 90 valence electrons. The number of rotatable bonds is 4. The Hall–Kier alpha value is -1.60. The van der Waals surface area contributed by atoms with Gasteiger partial charge >= 0.3 is 0 Å². The molecule has 0 spiro atoms. The maximum absolute atomic E-state index is 8.77. The molecule has 4 nitrogen and oxygen atoms in total. The van der Waals surface area contributed by atoms with E-state index in [2.05, 4.69) is 16.4 Å². The highest BCUT2D eigenvalue weighted by atomic mass is 16.5. The number of ether oxygens (including phenoxy) is 1. The van der Waals surface area contributed by atoms with E-state index in [0.29, 0.717) is 11.7 Å². The standard InChI is InChI=1S/C13H17N3O/c14-10-11-4-6-15-13(9-11)16-7-5-12-3-1-2-8-17-12/h4,6,9,12H,1-3,5,7-8H2,(H,15,16). The van der Waals surface area contributed by atoms with E-state index in [1.807, 2.05) is 0 Å². The smallest absolute Gasteiger partial charge is 0.127 e. The summed E-state index contributed by atoms with van der Waals surface area (Å²) < 4.78 is 5.65. The summed E-state index contributed by atoms with van der Waals surface area (Å²) >= 11 is 0. The van der Waals surface area contributed by atoms with E-state index >= 15 is 0 Å². The molecule has 0 saturated carbocycles. The molecule has 1 fully saturated rings.